The maximum Gasteiger partial charge on any atom is 1.00 e. The molecule has 0 spiro atoms. The second kappa shape index (κ2) is 46.2. The number of halogens is 6. The van der Waals surface area contributed by atoms with Gasteiger partial charge in [-0.25, -0.2) is 76.4 Å². The first kappa shape index (κ1) is 94.5. The monoisotopic (exact) mass is 1670 g/mol. The quantitative estimate of drug-likeness (QED) is 0.0216. The van der Waals surface area contributed by atoms with E-state index in [0.29, 0.717) is 84.8 Å². The van der Waals surface area contributed by atoms with E-state index in [1.165, 1.54) is 106 Å². The third-order valence-corrected chi connectivity index (χ3v) is 21.7. The Labute approximate surface area is 686 Å². The van der Waals surface area contributed by atoms with E-state index in [9.17, 15) is 40.8 Å². The Hall–Kier alpha value is -10.9. The van der Waals surface area contributed by atoms with Crippen LogP contribution in [0.15, 0.2) is 187 Å². The van der Waals surface area contributed by atoms with Crippen LogP contribution < -0.4 is 78.2 Å². The third-order valence-electron chi connectivity index (χ3n) is 13.7. The van der Waals surface area contributed by atoms with E-state index in [1.54, 1.807) is 56.6 Å². The van der Waals surface area contributed by atoms with Gasteiger partial charge < -0.3 is 64.0 Å². The number of aryl methyl sites for hydroxylation is 2. The third kappa shape index (κ3) is 33.1. The Morgan fingerprint density at radius 3 is 1.16 bits per heavy atom. The second-order valence-electron chi connectivity index (χ2n) is 24.8. The summed E-state index contributed by atoms with van der Waals surface area (Å²) in [5, 5.41) is 26.0. The second-order valence-corrected chi connectivity index (χ2v) is 38.4. The Balaban J connectivity index is 0.000000293. The number of sulfone groups is 1. The minimum atomic E-state index is -3.56. The van der Waals surface area contributed by atoms with Crippen LogP contribution in [0.5, 0.6) is 0 Å². The molecule has 29 nitrogen and oxygen atoms in total. The number of hydrogen-bond donors (Lipinski definition) is 11. The summed E-state index contributed by atoms with van der Waals surface area (Å²) in [4.78, 5) is 92.0. The van der Waals surface area contributed by atoms with Gasteiger partial charge in [-0.3, -0.25) is 19.2 Å². The summed E-state index contributed by atoms with van der Waals surface area (Å²) in [6.45, 7) is 17.6. The number of pyridine rings is 11. The van der Waals surface area contributed by atoms with Crippen LogP contribution in [0.2, 0.25) is 54.6 Å². The number of anilines is 12. The minimum Gasteiger partial charge on any atom is -0.668 e. The van der Waals surface area contributed by atoms with Crippen molar-refractivity contribution in [2.75, 3.05) is 78.8 Å². The Kier molecular flexibility index (Phi) is 38.6. The molecule has 4 amide bonds. The van der Waals surface area contributed by atoms with Gasteiger partial charge in [-0.1, -0.05) is 103 Å². The van der Waals surface area contributed by atoms with Crippen LogP contribution in [-0.4, -0.2) is 144 Å². The normalized spacial score (nSPS) is 10.4. The summed E-state index contributed by atoms with van der Waals surface area (Å²) >= 11 is 18.7. The van der Waals surface area contributed by atoms with E-state index < -0.39 is 43.8 Å². The molecule has 0 saturated heterocycles. The summed E-state index contributed by atoms with van der Waals surface area (Å²) in [5.74, 6) is 1.38. The first-order chi connectivity index (χ1) is 52.9. The molecule has 0 atom stereocenters. The maximum atomic E-state index is 13.0. The van der Waals surface area contributed by atoms with Crippen molar-refractivity contribution in [2.45, 2.75) is 62.9 Å². The van der Waals surface area contributed by atoms with Gasteiger partial charge in [0.05, 0.1) is 62.9 Å². The average molecular weight is 1670 g/mol. The summed E-state index contributed by atoms with van der Waals surface area (Å²) in [5.41, 5.74) is 15.2. The molecule has 0 bridgehead atoms. The molecule has 40 heteroatoms. The Bertz CT molecular complexity index is 5050. The molecular weight excluding hydrogens is 1590 g/mol. The summed E-state index contributed by atoms with van der Waals surface area (Å²) in [6.07, 6.45) is 18.3. The van der Waals surface area contributed by atoms with E-state index >= 15 is 0 Å². The standard InChI is InChI=1S/C18H17FN6O3S.C18H17FN6O.C13H13ClN4O.C7H6Cl2N2O.C6H8N2S.C6H18NSi2.C5H5FN2.Li/c1-20-18(26)12-10-23-16(25-15-6-5-11(19)9-22-15)8-13(12)24-17-14(29(2,27)28)4-3-7-21-17;1-11-4-3-7-21-17(11)24-14-8-16(23-10-13(14)18(26)20-2)25-15-6-5-12(19)9-22-15;1-8-4-3-5-16-12(8)18-10-6-11(14)17-7-9(10)13(19)15-2;1-10-7(12)4-3-11-6(9)2-5(4)8;1-9-5-3-2-4-8-6(5)7;1-8(2,3)7-9(4,5)6;6-4-1-2-5(7)8-3-4;/h3-10H,1-2H3,(H,20,26)(H2,21,22,23,24,25);3-10H,1-2H3,(H,20,26)(H2,21,22,23,24,25);3-7H,1-2H3,(H,15,19)(H,16,17,18);2-3H,1H3,(H,10,12);2-4H,1H3,(H2,7,8);1-6H3;1-3H,(H2,7,8);/q;;;;;-1;;+1. The van der Waals surface area contributed by atoms with E-state index in [0.717, 1.165) is 40.9 Å². The smallest absolute Gasteiger partial charge is 0.668 e. The number of nitrogen functional groups attached to an aromatic ring is 2. The van der Waals surface area contributed by atoms with E-state index in [-0.39, 0.29) is 69.5 Å². The molecule has 0 aromatic carbocycles. The zero-order valence-corrected chi connectivity index (χ0v) is 70.2. The number of rotatable bonds is 18. The molecule has 11 rings (SSSR count). The van der Waals surface area contributed by atoms with Crippen molar-refractivity contribution in [1.29, 1.82) is 0 Å². The number of hydrogen-bond acceptors (Lipinski definition) is 25. The number of nitrogens with one attached hydrogen (secondary N) is 9. The van der Waals surface area contributed by atoms with E-state index in [4.69, 9.17) is 50.9 Å². The first-order valence-corrected chi connectivity index (χ1v) is 44.4. The van der Waals surface area contributed by atoms with Crippen molar-refractivity contribution in [3.8, 4) is 0 Å². The molecule has 0 radical (unpaired) electrons. The SMILES string of the molecule is CNC(=O)c1cnc(Cl)cc1Cl.CNC(=O)c1cnc(Cl)cc1Nc1ncccc1C.CNC(=O)c1cnc(Nc2ccc(F)cn2)cc1Nc1ncccc1C.CNC(=O)c1cnc(Nc2ccc(F)cn2)cc1Nc1ncccc1S(C)(=O)=O.CSc1cccnc1N.C[Si](C)(C)[N-][Si](C)(C)C.Nc1ccc(F)cn1.[Li+]. The zero-order chi connectivity index (χ0) is 82.9. The molecule has 0 saturated carbocycles. The molecule has 0 unspecified atom stereocenters. The Morgan fingerprint density at radius 1 is 0.442 bits per heavy atom. The average Bonchev–Trinajstić information content (AvgIpc) is 0.818. The van der Waals surface area contributed by atoms with Crippen LogP contribution in [0.25, 0.3) is 4.65 Å². The molecule has 11 heterocycles. The molecule has 0 aliphatic carbocycles. The molecule has 0 aliphatic heterocycles. The predicted molar refractivity (Wildman–Crippen MR) is 445 cm³/mol. The fraction of sp³-hybridized carbons (Fsp3) is 0.192. The van der Waals surface area contributed by atoms with Gasteiger partial charge in [-0.15, -0.1) is 11.8 Å². The topological polar surface area (TPSA) is 419 Å². The number of thioether (sulfide) groups is 1. The van der Waals surface area contributed by atoms with Crippen molar-refractivity contribution in [3.63, 3.8) is 0 Å². The fourth-order valence-electron chi connectivity index (χ4n) is 8.97. The van der Waals surface area contributed by atoms with Crippen LogP contribution in [0.4, 0.5) is 82.6 Å². The number of nitrogens with zero attached hydrogens (tertiary/aromatic N) is 12. The van der Waals surface area contributed by atoms with Crippen molar-refractivity contribution < 1.29 is 59.6 Å². The largest absolute Gasteiger partial charge is 1.00 e. The van der Waals surface area contributed by atoms with Gasteiger partial charge in [-0.2, -0.15) is 0 Å². The zero-order valence-electron chi connectivity index (χ0n) is 64.3. The Morgan fingerprint density at radius 2 is 0.805 bits per heavy atom. The molecule has 590 valence electrons. The molecule has 0 aliphatic rings. The summed E-state index contributed by atoms with van der Waals surface area (Å²) < 4.78 is 66.9. The number of amides is 4. The summed E-state index contributed by atoms with van der Waals surface area (Å²) in [7, 11) is 0.324. The summed E-state index contributed by atoms with van der Waals surface area (Å²) in [6, 6.07) is 28.6. The van der Waals surface area contributed by atoms with E-state index in [2.05, 4.69) is 142 Å². The van der Waals surface area contributed by atoms with Crippen LogP contribution in [0.1, 0.15) is 52.6 Å². The molecular formula is C73H84Cl3F3LiN23O6S2Si2. The van der Waals surface area contributed by atoms with Crippen molar-refractivity contribution in [2.24, 2.45) is 0 Å². The van der Waals surface area contributed by atoms with Gasteiger partial charge in [0.15, 0.2) is 9.84 Å². The minimum absolute atomic E-state index is 0. The van der Waals surface area contributed by atoms with Gasteiger partial charge >= 0.3 is 18.9 Å². The van der Waals surface area contributed by atoms with Crippen molar-refractivity contribution >= 4 is 166 Å². The van der Waals surface area contributed by atoms with Crippen LogP contribution in [0, 0.1) is 31.3 Å². The van der Waals surface area contributed by atoms with Gasteiger partial charge in [0.2, 0.25) is 0 Å². The number of aromatic nitrogens is 11. The maximum absolute atomic E-state index is 13.0. The van der Waals surface area contributed by atoms with Gasteiger partial charge in [0.25, 0.3) is 23.6 Å². The fourth-order valence-corrected chi connectivity index (χ4v) is 18.9. The molecule has 11 aromatic heterocycles. The number of nitrogens with two attached hydrogens (primary N) is 2. The molecule has 11 aromatic rings. The van der Waals surface area contributed by atoms with E-state index in [1.807, 2.05) is 56.5 Å². The predicted octanol–water partition coefficient (Wildman–Crippen LogP) is 11.9. The van der Waals surface area contributed by atoms with Gasteiger partial charge in [0.1, 0.15) is 85.0 Å². The number of carbonyl (C=O) groups is 4. The molecule has 0 fully saturated rings. The first-order valence-electron chi connectivity index (χ1n) is 33.2. The number of carbonyl (C=O) groups excluding carboxylic acids is 4. The molecule has 113 heavy (non-hydrogen) atoms. The van der Waals surface area contributed by atoms with Crippen molar-refractivity contribution in [3.05, 3.63) is 248 Å². The van der Waals surface area contributed by atoms with Crippen molar-refractivity contribution in [1.82, 2.24) is 76.1 Å². The van der Waals surface area contributed by atoms with Crippen LogP contribution in [0.3, 0.4) is 0 Å². The van der Waals surface area contributed by atoms with Gasteiger partial charge in [-0.05, 0) is 116 Å². The molecule has 13 N–H and O–H groups in total. The van der Waals surface area contributed by atoms with Crippen LogP contribution in [-0.2, 0) is 9.84 Å². The van der Waals surface area contributed by atoms with Gasteiger partial charge in [0, 0.05) is 101 Å². The van der Waals surface area contributed by atoms with Crippen LogP contribution >= 0.6 is 46.6 Å².